The van der Waals surface area contributed by atoms with E-state index in [9.17, 15) is 14.7 Å². The molecule has 1 aliphatic heterocycles. The zero-order valence-electron chi connectivity index (χ0n) is 16.1. The fraction of sp³-hybridized carbons (Fsp3) is 0.273. The van der Waals surface area contributed by atoms with Gasteiger partial charge in [-0.2, -0.15) is 0 Å². The molecule has 1 unspecified atom stereocenters. The maximum Gasteiger partial charge on any atom is 0.295 e. The number of aryl methyl sites for hydroxylation is 1. The second-order valence-corrected chi connectivity index (χ2v) is 6.63. The zero-order valence-corrected chi connectivity index (χ0v) is 16.1. The molecular formula is C22H23NO5. The highest BCUT2D eigenvalue weighted by molar-refractivity contribution is 6.46. The number of aliphatic hydroxyl groups is 1. The van der Waals surface area contributed by atoms with Crippen LogP contribution in [0.2, 0.25) is 0 Å². The van der Waals surface area contributed by atoms with Crippen LogP contribution in [0, 0.1) is 6.92 Å². The first-order valence-corrected chi connectivity index (χ1v) is 8.96. The summed E-state index contributed by atoms with van der Waals surface area (Å²) in [5.74, 6) is -1.02. The molecule has 1 N–H and O–H groups in total. The van der Waals surface area contributed by atoms with E-state index in [0.717, 1.165) is 11.1 Å². The lowest BCUT2D eigenvalue weighted by molar-refractivity contribution is -0.140. The van der Waals surface area contributed by atoms with E-state index in [1.54, 1.807) is 24.3 Å². The van der Waals surface area contributed by atoms with Gasteiger partial charge in [-0.25, -0.2) is 0 Å². The van der Waals surface area contributed by atoms with Crippen LogP contribution in [-0.4, -0.2) is 49.1 Å². The van der Waals surface area contributed by atoms with E-state index < -0.39 is 17.7 Å². The summed E-state index contributed by atoms with van der Waals surface area (Å²) in [6, 6.07) is 13.7. The molecule has 2 aromatic rings. The van der Waals surface area contributed by atoms with Gasteiger partial charge in [0.05, 0.1) is 25.3 Å². The monoisotopic (exact) mass is 381 g/mol. The van der Waals surface area contributed by atoms with Crippen molar-refractivity contribution in [3.63, 3.8) is 0 Å². The summed E-state index contributed by atoms with van der Waals surface area (Å²) in [6.07, 6.45) is 0. The molecular weight excluding hydrogens is 358 g/mol. The Balaban J connectivity index is 2.17. The van der Waals surface area contributed by atoms with Crippen molar-refractivity contribution in [3.05, 3.63) is 70.8 Å². The van der Waals surface area contributed by atoms with Crippen molar-refractivity contribution < 1.29 is 24.2 Å². The number of aliphatic hydroxyl groups excluding tert-OH is 1. The molecule has 0 radical (unpaired) electrons. The zero-order chi connectivity index (χ0) is 20.3. The number of likely N-dealkylation sites (tertiary alicyclic amines) is 1. The number of methoxy groups -OCH3 is 2. The fourth-order valence-corrected chi connectivity index (χ4v) is 3.41. The number of carbonyl (C=O) groups excluding carboxylic acids is 2. The highest BCUT2D eigenvalue weighted by atomic mass is 16.5. The van der Waals surface area contributed by atoms with Gasteiger partial charge in [-0.3, -0.25) is 9.59 Å². The number of nitrogens with zero attached hydrogens (tertiary/aromatic N) is 1. The maximum atomic E-state index is 12.8. The van der Waals surface area contributed by atoms with E-state index in [1.807, 2.05) is 31.2 Å². The summed E-state index contributed by atoms with van der Waals surface area (Å²) in [7, 11) is 3.06. The largest absolute Gasteiger partial charge is 0.507 e. The van der Waals surface area contributed by atoms with Crippen LogP contribution in [-0.2, 0) is 14.3 Å². The van der Waals surface area contributed by atoms with Gasteiger partial charge in [0.1, 0.15) is 11.5 Å². The molecule has 1 aliphatic rings. The smallest absolute Gasteiger partial charge is 0.295 e. The fourth-order valence-electron chi connectivity index (χ4n) is 3.41. The molecule has 0 saturated carbocycles. The van der Waals surface area contributed by atoms with Gasteiger partial charge in [0, 0.05) is 19.2 Å². The predicted molar refractivity (Wildman–Crippen MR) is 105 cm³/mol. The minimum Gasteiger partial charge on any atom is -0.507 e. The van der Waals surface area contributed by atoms with Gasteiger partial charge in [-0.1, -0.05) is 42.0 Å². The molecule has 28 heavy (non-hydrogen) atoms. The molecule has 6 nitrogen and oxygen atoms in total. The molecule has 146 valence electrons. The molecule has 1 atom stereocenters. The number of ketones is 1. The number of carbonyl (C=O) groups is 2. The molecule has 1 fully saturated rings. The highest BCUT2D eigenvalue weighted by Gasteiger charge is 2.45. The molecule has 1 amide bonds. The second-order valence-electron chi connectivity index (χ2n) is 6.63. The Kier molecular flexibility index (Phi) is 5.80. The lowest BCUT2D eigenvalue weighted by atomic mass is 9.94. The number of amides is 1. The van der Waals surface area contributed by atoms with Crippen molar-refractivity contribution >= 4 is 17.4 Å². The highest BCUT2D eigenvalue weighted by Crippen LogP contribution is 2.39. The van der Waals surface area contributed by atoms with E-state index in [-0.39, 0.29) is 24.5 Å². The van der Waals surface area contributed by atoms with E-state index in [0.29, 0.717) is 11.3 Å². The van der Waals surface area contributed by atoms with Crippen LogP contribution in [0.1, 0.15) is 22.7 Å². The molecule has 3 rings (SSSR count). The topological polar surface area (TPSA) is 76.1 Å². The predicted octanol–water partition coefficient (Wildman–Crippen LogP) is 3.07. The van der Waals surface area contributed by atoms with Gasteiger partial charge in [0.15, 0.2) is 0 Å². The summed E-state index contributed by atoms with van der Waals surface area (Å²) in [4.78, 5) is 27.0. The van der Waals surface area contributed by atoms with Crippen LogP contribution >= 0.6 is 0 Å². The van der Waals surface area contributed by atoms with Gasteiger partial charge in [-0.15, -0.1) is 0 Å². The van der Waals surface area contributed by atoms with Crippen LogP contribution < -0.4 is 4.74 Å². The molecule has 1 heterocycles. The number of hydrogen-bond acceptors (Lipinski definition) is 5. The van der Waals surface area contributed by atoms with Gasteiger partial charge in [0.2, 0.25) is 0 Å². The summed E-state index contributed by atoms with van der Waals surface area (Å²) in [6.45, 7) is 2.47. The van der Waals surface area contributed by atoms with Crippen molar-refractivity contribution in [1.82, 2.24) is 4.90 Å². The van der Waals surface area contributed by atoms with Crippen LogP contribution in [0.15, 0.2) is 54.1 Å². The van der Waals surface area contributed by atoms with E-state index in [4.69, 9.17) is 9.47 Å². The normalized spacial score (nSPS) is 18.5. The number of benzene rings is 2. The Morgan fingerprint density at radius 1 is 1.11 bits per heavy atom. The first-order chi connectivity index (χ1) is 13.5. The molecule has 1 saturated heterocycles. The average molecular weight is 381 g/mol. The van der Waals surface area contributed by atoms with Crippen molar-refractivity contribution in [2.75, 3.05) is 27.4 Å². The Hall–Kier alpha value is -3.12. The molecule has 0 aliphatic carbocycles. The van der Waals surface area contributed by atoms with Gasteiger partial charge >= 0.3 is 0 Å². The van der Waals surface area contributed by atoms with Gasteiger partial charge in [0.25, 0.3) is 11.7 Å². The third kappa shape index (κ3) is 3.64. The van der Waals surface area contributed by atoms with Crippen molar-refractivity contribution in [3.8, 4) is 5.75 Å². The number of ether oxygens (including phenoxy) is 2. The number of hydrogen-bond donors (Lipinski definition) is 1. The maximum absolute atomic E-state index is 12.8. The summed E-state index contributed by atoms with van der Waals surface area (Å²) in [5.41, 5.74) is 2.25. The Labute approximate surface area is 164 Å². The third-order valence-electron chi connectivity index (χ3n) is 4.78. The summed E-state index contributed by atoms with van der Waals surface area (Å²) in [5, 5.41) is 11.0. The van der Waals surface area contributed by atoms with E-state index in [2.05, 4.69) is 0 Å². The number of rotatable bonds is 6. The number of Topliss-reactive ketones (excluding diaryl/α,β-unsaturated/α-hetero) is 1. The summed E-state index contributed by atoms with van der Waals surface area (Å²) >= 11 is 0. The first-order valence-electron chi connectivity index (χ1n) is 8.96. The SMILES string of the molecule is COCCN1C(=O)C(=O)/C(=C(\O)c2cccc(OC)c2)C1c1cccc(C)c1. The quantitative estimate of drug-likeness (QED) is 0.473. The Morgan fingerprint density at radius 3 is 2.54 bits per heavy atom. The van der Waals surface area contributed by atoms with Crippen LogP contribution in [0.4, 0.5) is 0 Å². The minimum absolute atomic E-state index is 0.0694. The summed E-state index contributed by atoms with van der Waals surface area (Å²) < 4.78 is 10.3. The molecule has 2 aromatic carbocycles. The van der Waals surface area contributed by atoms with Crippen molar-refractivity contribution in [2.45, 2.75) is 13.0 Å². The third-order valence-corrected chi connectivity index (χ3v) is 4.78. The van der Waals surface area contributed by atoms with Gasteiger partial charge in [-0.05, 0) is 24.6 Å². The second kappa shape index (κ2) is 8.27. The van der Waals surface area contributed by atoms with Crippen molar-refractivity contribution in [2.24, 2.45) is 0 Å². The van der Waals surface area contributed by atoms with Crippen LogP contribution in [0.5, 0.6) is 5.75 Å². The molecule has 6 heteroatoms. The van der Waals surface area contributed by atoms with Gasteiger partial charge < -0.3 is 19.5 Å². The molecule has 0 aromatic heterocycles. The lowest BCUT2D eigenvalue weighted by Crippen LogP contribution is -2.32. The van der Waals surface area contributed by atoms with Crippen molar-refractivity contribution in [1.29, 1.82) is 0 Å². The van der Waals surface area contributed by atoms with E-state index >= 15 is 0 Å². The Bertz CT molecular complexity index is 934. The van der Waals surface area contributed by atoms with Crippen LogP contribution in [0.25, 0.3) is 5.76 Å². The first kappa shape index (κ1) is 19.6. The standard InChI is InChI=1S/C22H23NO5/c1-14-6-4-7-15(12-14)19-18(21(25)22(26)23(19)10-11-27-2)20(24)16-8-5-9-17(13-16)28-3/h4-9,12-13,19,24H,10-11H2,1-3H3/b20-18-. The minimum atomic E-state index is -0.706. The Morgan fingerprint density at radius 2 is 1.86 bits per heavy atom. The molecule has 0 spiro atoms. The van der Waals surface area contributed by atoms with Crippen LogP contribution in [0.3, 0.4) is 0 Å². The molecule has 0 bridgehead atoms. The van der Waals surface area contributed by atoms with E-state index in [1.165, 1.54) is 19.1 Å². The average Bonchev–Trinajstić information content (AvgIpc) is 2.96. The lowest BCUT2D eigenvalue weighted by Gasteiger charge is -2.25.